The quantitative estimate of drug-likeness (QED) is 0.482. The average molecular weight is 453 g/mol. The summed E-state index contributed by atoms with van der Waals surface area (Å²) in [5.41, 5.74) is 0.377. The Hall–Kier alpha value is -2.64. The molecular formula is C24H27F4NO3. The molecule has 1 fully saturated rings. The molecule has 0 aromatic heterocycles. The molecule has 2 N–H and O–H groups in total. The van der Waals surface area contributed by atoms with Gasteiger partial charge in [-0.3, -0.25) is 9.59 Å². The number of nitrogens with one attached hydrogen (secondary N) is 1. The molecule has 1 aromatic rings. The zero-order valence-electron chi connectivity index (χ0n) is 18.0. The van der Waals surface area contributed by atoms with Gasteiger partial charge in [0.25, 0.3) is 0 Å². The van der Waals surface area contributed by atoms with Crippen molar-refractivity contribution in [3.05, 3.63) is 53.4 Å². The first-order valence-corrected chi connectivity index (χ1v) is 10.7. The molecule has 0 spiro atoms. The van der Waals surface area contributed by atoms with Gasteiger partial charge in [-0.2, -0.15) is 13.2 Å². The molecular weight excluding hydrogens is 426 g/mol. The first-order chi connectivity index (χ1) is 15.0. The Morgan fingerprint density at radius 2 is 1.97 bits per heavy atom. The number of carbonyl (C=O) groups is 2. The number of carbonyl (C=O) groups excluding carboxylic acids is 1. The Balaban J connectivity index is 1.83. The van der Waals surface area contributed by atoms with E-state index >= 15 is 0 Å². The van der Waals surface area contributed by atoms with Crippen molar-refractivity contribution in [3.8, 4) is 0 Å². The molecule has 0 aliphatic heterocycles. The minimum absolute atomic E-state index is 0.170. The molecule has 174 valence electrons. The second kappa shape index (κ2) is 9.08. The van der Waals surface area contributed by atoms with Gasteiger partial charge in [0.2, 0.25) is 5.91 Å². The van der Waals surface area contributed by atoms with Gasteiger partial charge in [-0.05, 0) is 55.7 Å². The minimum atomic E-state index is -4.59. The van der Waals surface area contributed by atoms with Crippen molar-refractivity contribution in [1.29, 1.82) is 0 Å². The van der Waals surface area contributed by atoms with E-state index in [2.05, 4.69) is 5.32 Å². The summed E-state index contributed by atoms with van der Waals surface area (Å²) in [4.78, 5) is 24.4. The molecule has 1 amide bonds. The fourth-order valence-corrected chi connectivity index (χ4v) is 4.21. The third kappa shape index (κ3) is 5.22. The number of benzene rings is 1. The number of hydrogen-bond acceptors (Lipinski definition) is 2. The van der Waals surface area contributed by atoms with E-state index in [4.69, 9.17) is 0 Å². The van der Waals surface area contributed by atoms with Gasteiger partial charge in [0.05, 0.1) is 22.9 Å². The lowest BCUT2D eigenvalue weighted by Crippen LogP contribution is -2.40. The number of hydrogen-bond donors (Lipinski definition) is 2. The molecule has 2 aliphatic carbocycles. The Bertz CT molecular complexity index is 947. The summed E-state index contributed by atoms with van der Waals surface area (Å²) >= 11 is 0. The molecule has 0 radical (unpaired) electrons. The molecule has 3 atom stereocenters. The fraction of sp³-hybridized carbons (Fsp3) is 0.500. The highest BCUT2D eigenvalue weighted by atomic mass is 19.4. The van der Waals surface area contributed by atoms with Gasteiger partial charge in [-0.15, -0.1) is 0 Å². The molecule has 2 aliphatic rings. The van der Waals surface area contributed by atoms with Crippen molar-refractivity contribution in [2.24, 2.45) is 23.2 Å². The normalized spacial score (nSPS) is 21.4. The van der Waals surface area contributed by atoms with E-state index in [1.165, 1.54) is 12.1 Å². The van der Waals surface area contributed by atoms with Gasteiger partial charge in [0, 0.05) is 0 Å². The molecule has 3 rings (SSSR count). The lowest BCUT2D eigenvalue weighted by Gasteiger charge is -2.31. The largest absolute Gasteiger partial charge is 0.481 e. The van der Waals surface area contributed by atoms with Gasteiger partial charge in [-0.25, -0.2) is 4.39 Å². The van der Waals surface area contributed by atoms with E-state index in [9.17, 15) is 32.3 Å². The number of alkyl halides is 3. The maximum Gasteiger partial charge on any atom is 0.392 e. The number of carboxylic acid groups (broad SMARTS) is 1. The van der Waals surface area contributed by atoms with Crippen LogP contribution in [0.1, 0.15) is 45.1 Å². The van der Waals surface area contributed by atoms with Crippen LogP contribution in [0.15, 0.2) is 42.0 Å². The molecule has 4 nitrogen and oxygen atoms in total. The van der Waals surface area contributed by atoms with Crippen LogP contribution < -0.4 is 5.32 Å². The Morgan fingerprint density at radius 3 is 2.47 bits per heavy atom. The van der Waals surface area contributed by atoms with Crippen LogP contribution in [0.3, 0.4) is 0 Å². The fourth-order valence-electron chi connectivity index (χ4n) is 4.21. The van der Waals surface area contributed by atoms with Crippen LogP contribution in [0.25, 0.3) is 0 Å². The number of amides is 1. The van der Waals surface area contributed by atoms with E-state index < -0.39 is 47.0 Å². The van der Waals surface area contributed by atoms with Gasteiger partial charge >= 0.3 is 12.1 Å². The summed E-state index contributed by atoms with van der Waals surface area (Å²) in [5.74, 6) is -6.66. The topological polar surface area (TPSA) is 66.4 Å². The molecule has 1 saturated carbocycles. The summed E-state index contributed by atoms with van der Waals surface area (Å²) in [6.07, 6.45) is 2.82. The highest BCUT2D eigenvalue weighted by Gasteiger charge is 2.50. The number of rotatable bonds is 8. The second-order valence-electron chi connectivity index (χ2n) is 8.81. The minimum Gasteiger partial charge on any atom is -0.481 e. The van der Waals surface area contributed by atoms with Crippen LogP contribution in [0.2, 0.25) is 0 Å². The molecule has 0 saturated heterocycles. The van der Waals surface area contributed by atoms with Crippen LogP contribution in [0.5, 0.6) is 0 Å². The van der Waals surface area contributed by atoms with Crippen LogP contribution in [-0.2, 0) is 16.0 Å². The Labute approximate surface area is 184 Å². The summed E-state index contributed by atoms with van der Waals surface area (Å²) in [5, 5.41) is 11.7. The van der Waals surface area contributed by atoms with Crippen LogP contribution >= 0.6 is 0 Å². The molecule has 0 bridgehead atoms. The number of carboxylic acids is 1. The van der Waals surface area contributed by atoms with Crippen molar-refractivity contribution in [2.75, 3.05) is 5.32 Å². The van der Waals surface area contributed by atoms with Crippen LogP contribution in [0.4, 0.5) is 23.2 Å². The van der Waals surface area contributed by atoms with Gasteiger partial charge in [0.1, 0.15) is 5.82 Å². The van der Waals surface area contributed by atoms with Crippen molar-refractivity contribution in [3.63, 3.8) is 0 Å². The summed E-state index contributed by atoms with van der Waals surface area (Å²) in [6.45, 7) is 2.90. The zero-order chi connectivity index (χ0) is 23.7. The van der Waals surface area contributed by atoms with Gasteiger partial charge < -0.3 is 10.4 Å². The van der Waals surface area contributed by atoms with E-state index in [0.717, 1.165) is 25.0 Å². The van der Waals surface area contributed by atoms with E-state index in [1.807, 2.05) is 13.0 Å². The summed E-state index contributed by atoms with van der Waals surface area (Å²) in [7, 11) is 0. The molecule has 32 heavy (non-hydrogen) atoms. The first-order valence-electron chi connectivity index (χ1n) is 10.7. The second-order valence-corrected chi connectivity index (χ2v) is 8.81. The third-order valence-electron chi connectivity index (χ3n) is 6.58. The first kappa shape index (κ1) is 24.0. The predicted octanol–water partition coefficient (Wildman–Crippen LogP) is 5.90. The van der Waals surface area contributed by atoms with Crippen molar-refractivity contribution in [1.82, 2.24) is 0 Å². The maximum absolute atomic E-state index is 14.4. The van der Waals surface area contributed by atoms with Crippen LogP contribution in [0, 0.1) is 29.0 Å². The Kier molecular flexibility index (Phi) is 6.81. The molecule has 1 aromatic carbocycles. The van der Waals surface area contributed by atoms with Gasteiger partial charge in [-0.1, -0.05) is 43.7 Å². The van der Waals surface area contributed by atoms with Gasteiger partial charge in [0.15, 0.2) is 0 Å². The Morgan fingerprint density at radius 1 is 1.28 bits per heavy atom. The lowest BCUT2D eigenvalue weighted by atomic mass is 9.77. The maximum atomic E-state index is 14.4. The van der Waals surface area contributed by atoms with Crippen molar-refractivity contribution < 1.29 is 32.3 Å². The number of halogens is 4. The molecule has 0 heterocycles. The SMILES string of the molecule is CCC1=CCC([C@@H](C(=O)Nc2cc(CC3(C(=O)O)CC3)ccc2F)[C@@H](C)C(F)(F)F)C=C1. The number of anilines is 1. The molecule has 8 heteroatoms. The monoisotopic (exact) mass is 453 g/mol. The summed E-state index contributed by atoms with van der Waals surface area (Å²) in [6, 6.07) is 3.85. The van der Waals surface area contributed by atoms with E-state index in [0.29, 0.717) is 24.8 Å². The lowest BCUT2D eigenvalue weighted by molar-refractivity contribution is -0.188. The standard InChI is InChI=1S/C24H27F4NO3/c1-3-15-4-7-17(8-5-15)20(14(2)24(26,27)28)21(30)29-19-12-16(6-9-18(19)25)13-23(10-11-23)22(31)32/h4-7,9,12,14,17,20H,3,8,10-11,13H2,1-2H3,(H,29,30)(H,31,32)/t14-,17?,20+/m1/s1. The zero-order valence-corrected chi connectivity index (χ0v) is 18.0. The number of aliphatic carboxylic acids is 1. The highest BCUT2D eigenvalue weighted by Crippen LogP contribution is 2.49. The predicted molar refractivity (Wildman–Crippen MR) is 112 cm³/mol. The third-order valence-corrected chi connectivity index (χ3v) is 6.58. The van der Waals surface area contributed by atoms with Crippen LogP contribution in [-0.4, -0.2) is 23.2 Å². The molecule has 1 unspecified atom stereocenters. The average Bonchev–Trinajstić information content (AvgIpc) is 3.51. The van der Waals surface area contributed by atoms with E-state index in [1.54, 1.807) is 12.2 Å². The van der Waals surface area contributed by atoms with Crippen molar-refractivity contribution >= 4 is 17.6 Å². The summed E-state index contributed by atoms with van der Waals surface area (Å²) < 4.78 is 55.1. The van der Waals surface area contributed by atoms with E-state index in [-0.39, 0.29) is 12.1 Å². The smallest absolute Gasteiger partial charge is 0.392 e. The number of allylic oxidation sites excluding steroid dienone is 4. The highest BCUT2D eigenvalue weighted by molar-refractivity contribution is 5.93. The van der Waals surface area contributed by atoms with Crippen molar-refractivity contribution in [2.45, 2.75) is 52.1 Å².